The molecule has 0 radical (unpaired) electrons. The van der Waals surface area contributed by atoms with Gasteiger partial charge in [-0.2, -0.15) is 4.37 Å². The zero-order valence-corrected chi connectivity index (χ0v) is 16.0. The summed E-state index contributed by atoms with van der Waals surface area (Å²) in [6, 6.07) is 6.31. The fourth-order valence-corrected chi connectivity index (χ4v) is 3.65. The molecule has 1 amide bonds. The molecule has 6 nitrogen and oxygen atoms in total. The highest BCUT2D eigenvalue weighted by Crippen LogP contribution is 2.19. The van der Waals surface area contributed by atoms with Crippen molar-refractivity contribution in [3.8, 4) is 0 Å². The second kappa shape index (κ2) is 8.09. The van der Waals surface area contributed by atoms with E-state index in [1.165, 1.54) is 23.7 Å². The van der Waals surface area contributed by atoms with E-state index in [-0.39, 0.29) is 30.5 Å². The number of aromatic nitrogens is 2. The van der Waals surface area contributed by atoms with Crippen molar-refractivity contribution in [1.29, 1.82) is 0 Å². The Hall–Kier alpha value is -2.06. The first-order valence-electron chi connectivity index (χ1n) is 8.62. The molecule has 2 heterocycles. The van der Waals surface area contributed by atoms with E-state index in [1.807, 2.05) is 30.7 Å². The van der Waals surface area contributed by atoms with Gasteiger partial charge < -0.3 is 14.5 Å². The number of morpholine rings is 1. The molecule has 1 aromatic heterocycles. The molecule has 3 rings (SSSR count). The number of rotatable bonds is 5. The number of amides is 1. The lowest BCUT2D eigenvalue weighted by Crippen LogP contribution is -2.50. The standard InChI is InChI=1S/C18H23FN4O2S/c1-12-9-23(10-13(2)25-12)17(24)11-22(3)18-20-16(21-26-18)8-14-4-6-15(19)7-5-14/h4-7,12-13H,8-11H2,1-3H3. The molecule has 1 saturated heterocycles. The van der Waals surface area contributed by atoms with Crippen molar-refractivity contribution in [3.05, 3.63) is 41.5 Å². The highest BCUT2D eigenvalue weighted by Gasteiger charge is 2.26. The van der Waals surface area contributed by atoms with Crippen molar-refractivity contribution in [1.82, 2.24) is 14.3 Å². The van der Waals surface area contributed by atoms with Gasteiger partial charge in [0.15, 0.2) is 0 Å². The van der Waals surface area contributed by atoms with Gasteiger partial charge in [-0.05, 0) is 31.5 Å². The number of carbonyl (C=O) groups excluding carboxylic acids is 1. The molecule has 26 heavy (non-hydrogen) atoms. The van der Waals surface area contributed by atoms with Crippen LogP contribution in [0.3, 0.4) is 0 Å². The number of hydrogen-bond donors (Lipinski definition) is 0. The van der Waals surface area contributed by atoms with Gasteiger partial charge in [-0.3, -0.25) is 4.79 Å². The Morgan fingerprint density at radius 1 is 1.31 bits per heavy atom. The van der Waals surface area contributed by atoms with Crippen LogP contribution in [0.1, 0.15) is 25.2 Å². The maximum Gasteiger partial charge on any atom is 0.242 e. The van der Waals surface area contributed by atoms with Crippen LogP contribution in [0.5, 0.6) is 0 Å². The van der Waals surface area contributed by atoms with E-state index >= 15 is 0 Å². The van der Waals surface area contributed by atoms with Gasteiger partial charge in [0.25, 0.3) is 0 Å². The van der Waals surface area contributed by atoms with E-state index in [2.05, 4.69) is 9.36 Å². The summed E-state index contributed by atoms with van der Waals surface area (Å²) in [4.78, 5) is 20.7. The molecule has 1 fully saturated rings. The summed E-state index contributed by atoms with van der Waals surface area (Å²) in [5.41, 5.74) is 0.950. The number of halogens is 1. The van der Waals surface area contributed by atoms with Gasteiger partial charge in [-0.25, -0.2) is 9.37 Å². The van der Waals surface area contributed by atoms with Crippen molar-refractivity contribution < 1.29 is 13.9 Å². The number of ether oxygens (including phenoxy) is 1. The highest BCUT2D eigenvalue weighted by molar-refractivity contribution is 7.09. The Morgan fingerprint density at radius 2 is 1.96 bits per heavy atom. The Morgan fingerprint density at radius 3 is 2.62 bits per heavy atom. The lowest BCUT2D eigenvalue weighted by atomic mass is 10.1. The summed E-state index contributed by atoms with van der Waals surface area (Å²) in [6.45, 7) is 5.44. The number of anilines is 1. The van der Waals surface area contributed by atoms with Crippen molar-refractivity contribution in [2.45, 2.75) is 32.5 Å². The molecule has 0 spiro atoms. The van der Waals surface area contributed by atoms with Gasteiger partial charge in [0.05, 0.1) is 18.8 Å². The first kappa shape index (κ1) is 18.7. The normalized spacial score (nSPS) is 20.2. The summed E-state index contributed by atoms with van der Waals surface area (Å²) in [5.74, 6) is 0.472. The van der Waals surface area contributed by atoms with E-state index < -0.39 is 0 Å². The van der Waals surface area contributed by atoms with E-state index in [0.717, 1.165) is 5.56 Å². The minimum absolute atomic E-state index is 0.0526. The van der Waals surface area contributed by atoms with Gasteiger partial charge in [0, 0.05) is 38.1 Å². The van der Waals surface area contributed by atoms with Crippen LogP contribution in [0.15, 0.2) is 24.3 Å². The van der Waals surface area contributed by atoms with Crippen LogP contribution >= 0.6 is 11.5 Å². The smallest absolute Gasteiger partial charge is 0.242 e. The summed E-state index contributed by atoms with van der Waals surface area (Å²) < 4.78 is 23.0. The maximum absolute atomic E-state index is 13.0. The molecular formula is C18H23FN4O2S. The average Bonchev–Trinajstić information content (AvgIpc) is 3.04. The average molecular weight is 378 g/mol. The molecule has 1 aliphatic rings. The second-order valence-electron chi connectivity index (χ2n) is 6.71. The largest absolute Gasteiger partial charge is 0.372 e. The molecule has 0 N–H and O–H groups in total. The maximum atomic E-state index is 13.0. The molecule has 2 unspecified atom stereocenters. The topological polar surface area (TPSA) is 58.6 Å². The molecule has 2 aromatic rings. The summed E-state index contributed by atoms with van der Waals surface area (Å²) in [7, 11) is 1.84. The molecular weight excluding hydrogens is 355 g/mol. The quantitative estimate of drug-likeness (QED) is 0.799. The number of carbonyl (C=O) groups is 1. The predicted molar refractivity (Wildman–Crippen MR) is 99.0 cm³/mol. The fraction of sp³-hybridized carbons (Fsp3) is 0.500. The molecule has 0 aliphatic carbocycles. The minimum atomic E-state index is -0.259. The second-order valence-corrected chi connectivity index (χ2v) is 7.44. The highest BCUT2D eigenvalue weighted by atomic mass is 32.1. The Kier molecular flexibility index (Phi) is 5.83. The third kappa shape index (κ3) is 4.76. The summed E-state index contributed by atoms with van der Waals surface area (Å²) >= 11 is 1.27. The molecule has 2 atom stereocenters. The van der Waals surface area contributed by atoms with Crippen LogP contribution in [-0.4, -0.2) is 59.1 Å². The SMILES string of the molecule is CC1CN(C(=O)CN(C)c2nc(Cc3ccc(F)cc3)ns2)CC(C)O1. The first-order valence-corrected chi connectivity index (χ1v) is 9.39. The zero-order valence-electron chi connectivity index (χ0n) is 15.2. The predicted octanol–water partition coefficient (Wildman–Crippen LogP) is 2.34. The summed E-state index contributed by atoms with van der Waals surface area (Å²) in [6.07, 6.45) is 0.644. The summed E-state index contributed by atoms with van der Waals surface area (Å²) in [5, 5.41) is 0.699. The zero-order chi connectivity index (χ0) is 18.7. The third-order valence-electron chi connectivity index (χ3n) is 4.20. The van der Waals surface area contributed by atoms with E-state index in [9.17, 15) is 9.18 Å². The Balaban J connectivity index is 1.58. The first-order chi connectivity index (χ1) is 12.4. The molecule has 0 bridgehead atoms. The molecule has 1 aliphatic heterocycles. The van der Waals surface area contributed by atoms with Gasteiger partial charge in [0.1, 0.15) is 11.6 Å². The Bertz CT molecular complexity index is 742. The van der Waals surface area contributed by atoms with Crippen molar-refractivity contribution in [2.75, 3.05) is 31.6 Å². The minimum Gasteiger partial charge on any atom is -0.372 e. The molecule has 8 heteroatoms. The Labute approximate surface area is 156 Å². The van der Waals surface area contributed by atoms with Crippen LogP contribution in [0.25, 0.3) is 0 Å². The lowest BCUT2D eigenvalue weighted by molar-refractivity contribution is -0.141. The van der Waals surface area contributed by atoms with Gasteiger partial charge in [-0.1, -0.05) is 12.1 Å². The lowest BCUT2D eigenvalue weighted by Gasteiger charge is -2.36. The van der Waals surface area contributed by atoms with Crippen molar-refractivity contribution in [2.24, 2.45) is 0 Å². The number of likely N-dealkylation sites (N-methyl/N-ethyl adjacent to an activating group) is 1. The van der Waals surface area contributed by atoms with Crippen molar-refractivity contribution >= 4 is 22.6 Å². The van der Waals surface area contributed by atoms with Crippen molar-refractivity contribution in [3.63, 3.8) is 0 Å². The monoisotopic (exact) mass is 378 g/mol. The fourth-order valence-electron chi connectivity index (χ4n) is 3.01. The molecule has 140 valence electrons. The van der Waals surface area contributed by atoms with Crippen LogP contribution in [0, 0.1) is 5.82 Å². The van der Waals surface area contributed by atoms with Gasteiger partial charge in [0.2, 0.25) is 11.0 Å². The van der Waals surface area contributed by atoms with E-state index in [1.54, 1.807) is 12.1 Å². The van der Waals surface area contributed by atoms with Crippen LogP contribution in [-0.2, 0) is 16.0 Å². The van der Waals surface area contributed by atoms with Gasteiger partial charge in [-0.15, -0.1) is 0 Å². The number of nitrogens with zero attached hydrogens (tertiary/aromatic N) is 4. The van der Waals surface area contributed by atoms with Crippen LogP contribution < -0.4 is 4.90 Å². The molecule has 1 aromatic carbocycles. The third-order valence-corrected chi connectivity index (χ3v) is 5.07. The van der Waals surface area contributed by atoms with Crippen LogP contribution in [0.2, 0.25) is 0 Å². The number of hydrogen-bond acceptors (Lipinski definition) is 6. The van der Waals surface area contributed by atoms with E-state index in [0.29, 0.717) is 30.5 Å². The van der Waals surface area contributed by atoms with E-state index in [4.69, 9.17) is 4.74 Å². The number of benzene rings is 1. The van der Waals surface area contributed by atoms with Crippen LogP contribution in [0.4, 0.5) is 9.52 Å². The van der Waals surface area contributed by atoms with Gasteiger partial charge >= 0.3 is 0 Å². The molecule has 0 saturated carbocycles.